The number of likely N-dealkylation sites (tertiary alicyclic amines) is 1. The molecule has 94 valence electrons. The summed E-state index contributed by atoms with van der Waals surface area (Å²) in [6.45, 7) is 9.74. The summed E-state index contributed by atoms with van der Waals surface area (Å²) in [5, 5.41) is 3.49. The zero-order valence-electron chi connectivity index (χ0n) is 11.4. The summed E-state index contributed by atoms with van der Waals surface area (Å²) in [6.07, 6.45) is 5.63. The second-order valence-electron chi connectivity index (χ2n) is 7.04. The van der Waals surface area contributed by atoms with Crippen molar-refractivity contribution in [3.63, 3.8) is 0 Å². The molecule has 2 unspecified atom stereocenters. The molecule has 0 spiro atoms. The van der Waals surface area contributed by atoms with Crippen molar-refractivity contribution in [1.82, 2.24) is 10.2 Å². The van der Waals surface area contributed by atoms with E-state index in [2.05, 4.69) is 38.0 Å². The van der Waals surface area contributed by atoms with Crippen molar-refractivity contribution in [2.24, 2.45) is 11.3 Å². The fraction of sp³-hybridized carbons (Fsp3) is 1.00. The Labute approximate surface area is 101 Å². The molecule has 1 aliphatic carbocycles. The molecule has 1 heterocycles. The standard InChI is InChI=1S/C14H28N2/c1-14(2,3)8-11-7-12(15-4)10-16(9-11)13-5-6-13/h11-13,15H,5-10H2,1-4H3. The van der Waals surface area contributed by atoms with Crippen LogP contribution in [0.4, 0.5) is 0 Å². The predicted octanol–water partition coefficient (Wildman–Crippen LogP) is 2.49. The van der Waals surface area contributed by atoms with E-state index in [0.717, 1.165) is 18.0 Å². The monoisotopic (exact) mass is 224 g/mol. The maximum Gasteiger partial charge on any atom is 0.0195 e. The summed E-state index contributed by atoms with van der Waals surface area (Å²) in [5.41, 5.74) is 0.482. The maximum atomic E-state index is 3.49. The lowest BCUT2D eigenvalue weighted by atomic mass is 9.80. The molecule has 16 heavy (non-hydrogen) atoms. The molecule has 0 aromatic heterocycles. The van der Waals surface area contributed by atoms with Gasteiger partial charge in [-0.3, -0.25) is 4.90 Å². The van der Waals surface area contributed by atoms with Crippen molar-refractivity contribution >= 4 is 0 Å². The third-order valence-corrected chi connectivity index (χ3v) is 3.94. The molecule has 0 aromatic rings. The van der Waals surface area contributed by atoms with E-state index >= 15 is 0 Å². The first kappa shape index (κ1) is 12.4. The SMILES string of the molecule is CNC1CC(CC(C)(C)C)CN(C2CC2)C1. The highest BCUT2D eigenvalue weighted by molar-refractivity contribution is 4.92. The molecule has 2 heteroatoms. The average Bonchev–Trinajstić information content (AvgIpc) is 2.97. The van der Waals surface area contributed by atoms with Gasteiger partial charge in [0.05, 0.1) is 0 Å². The van der Waals surface area contributed by atoms with Crippen LogP contribution >= 0.6 is 0 Å². The van der Waals surface area contributed by atoms with Crippen LogP contribution in [0, 0.1) is 11.3 Å². The number of rotatable bonds is 3. The van der Waals surface area contributed by atoms with Gasteiger partial charge >= 0.3 is 0 Å². The molecular weight excluding hydrogens is 196 g/mol. The van der Waals surface area contributed by atoms with Gasteiger partial charge in [0.25, 0.3) is 0 Å². The van der Waals surface area contributed by atoms with Crippen LogP contribution in [0.1, 0.15) is 46.5 Å². The number of hydrogen-bond donors (Lipinski definition) is 1. The molecule has 1 saturated carbocycles. The molecule has 1 saturated heterocycles. The van der Waals surface area contributed by atoms with Gasteiger partial charge in [0, 0.05) is 25.2 Å². The van der Waals surface area contributed by atoms with Gasteiger partial charge in [0.1, 0.15) is 0 Å². The van der Waals surface area contributed by atoms with Crippen molar-refractivity contribution in [3.05, 3.63) is 0 Å². The van der Waals surface area contributed by atoms with Gasteiger partial charge in [-0.05, 0) is 44.1 Å². The van der Waals surface area contributed by atoms with E-state index in [-0.39, 0.29) is 0 Å². The lowest BCUT2D eigenvalue weighted by Crippen LogP contribution is -2.49. The zero-order chi connectivity index (χ0) is 11.8. The van der Waals surface area contributed by atoms with E-state index < -0.39 is 0 Å². The first-order chi connectivity index (χ1) is 7.48. The molecule has 1 N–H and O–H groups in total. The summed E-state index contributed by atoms with van der Waals surface area (Å²) >= 11 is 0. The number of hydrogen-bond acceptors (Lipinski definition) is 2. The fourth-order valence-corrected chi connectivity index (χ4v) is 3.20. The average molecular weight is 224 g/mol. The smallest absolute Gasteiger partial charge is 0.0195 e. The molecule has 0 bridgehead atoms. The topological polar surface area (TPSA) is 15.3 Å². The fourth-order valence-electron chi connectivity index (χ4n) is 3.20. The second-order valence-corrected chi connectivity index (χ2v) is 7.04. The molecule has 2 aliphatic rings. The Bertz CT molecular complexity index is 227. The van der Waals surface area contributed by atoms with Crippen LogP contribution in [0.3, 0.4) is 0 Å². The van der Waals surface area contributed by atoms with Gasteiger partial charge in [0.2, 0.25) is 0 Å². The highest BCUT2D eigenvalue weighted by Gasteiger charge is 2.36. The lowest BCUT2D eigenvalue weighted by molar-refractivity contribution is 0.110. The molecular formula is C14H28N2. The van der Waals surface area contributed by atoms with Gasteiger partial charge in [-0.25, -0.2) is 0 Å². The van der Waals surface area contributed by atoms with Crippen molar-refractivity contribution in [1.29, 1.82) is 0 Å². The van der Waals surface area contributed by atoms with E-state index in [4.69, 9.17) is 0 Å². The third kappa shape index (κ3) is 3.46. The van der Waals surface area contributed by atoms with E-state index in [0.29, 0.717) is 5.41 Å². The summed E-state index contributed by atoms with van der Waals surface area (Å²) in [5.74, 6) is 0.895. The number of piperidine rings is 1. The van der Waals surface area contributed by atoms with Crippen LogP contribution in [0.5, 0.6) is 0 Å². The Hall–Kier alpha value is -0.0800. The third-order valence-electron chi connectivity index (χ3n) is 3.94. The van der Waals surface area contributed by atoms with Gasteiger partial charge in [-0.15, -0.1) is 0 Å². The van der Waals surface area contributed by atoms with Crippen LogP contribution in [0.2, 0.25) is 0 Å². The van der Waals surface area contributed by atoms with Gasteiger partial charge in [-0.1, -0.05) is 20.8 Å². The van der Waals surface area contributed by atoms with Crippen molar-refractivity contribution < 1.29 is 0 Å². The molecule has 2 atom stereocenters. The predicted molar refractivity (Wildman–Crippen MR) is 69.6 cm³/mol. The normalized spacial score (nSPS) is 33.0. The quantitative estimate of drug-likeness (QED) is 0.792. The zero-order valence-corrected chi connectivity index (χ0v) is 11.4. The first-order valence-corrected chi connectivity index (χ1v) is 6.89. The van der Waals surface area contributed by atoms with Crippen molar-refractivity contribution in [2.45, 2.75) is 58.5 Å². The second kappa shape index (κ2) is 4.66. The van der Waals surface area contributed by atoms with Gasteiger partial charge in [-0.2, -0.15) is 0 Å². The number of nitrogens with one attached hydrogen (secondary N) is 1. The summed E-state index contributed by atoms with van der Waals surface area (Å²) < 4.78 is 0. The van der Waals surface area contributed by atoms with E-state index in [9.17, 15) is 0 Å². The summed E-state index contributed by atoms with van der Waals surface area (Å²) in [6, 6.07) is 1.65. The van der Waals surface area contributed by atoms with Crippen LogP contribution in [-0.4, -0.2) is 37.1 Å². The minimum atomic E-state index is 0.482. The first-order valence-electron chi connectivity index (χ1n) is 6.89. The van der Waals surface area contributed by atoms with Crippen molar-refractivity contribution in [3.8, 4) is 0 Å². The minimum absolute atomic E-state index is 0.482. The lowest BCUT2D eigenvalue weighted by Gasteiger charge is -2.40. The van der Waals surface area contributed by atoms with E-state index in [1.807, 2.05) is 0 Å². The molecule has 2 nitrogen and oxygen atoms in total. The summed E-state index contributed by atoms with van der Waals surface area (Å²) in [4.78, 5) is 2.74. The van der Waals surface area contributed by atoms with Crippen LogP contribution in [-0.2, 0) is 0 Å². The van der Waals surface area contributed by atoms with Crippen molar-refractivity contribution in [2.75, 3.05) is 20.1 Å². The number of nitrogens with zero attached hydrogens (tertiary/aromatic N) is 1. The van der Waals surface area contributed by atoms with Gasteiger partial charge < -0.3 is 5.32 Å². The van der Waals surface area contributed by atoms with E-state index in [1.165, 1.54) is 38.8 Å². The highest BCUT2D eigenvalue weighted by atomic mass is 15.2. The Morgan fingerprint density at radius 3 is 2.38 bits per heavy atom. The summed E-state index contributed by atoms with van der Waals surface area (Å²) in [7, 11) is 2.12. The van der Waals surface area contributed by atoms with Crippen LogP contribution < -0.4 is 5.32 Å². The Balaban J connectivity index is 1.91. The molecule has 2 rings (SSSR count). The molecule has 0 amide bonds. The van der Waals surface area contributed by atoms with E-state index in [1.54, 1.807) is 0 Å². The number of likely N-dealkylation sites (N-methyl/N-ethyl adjacent to an activating group) is 1. The molecule has 0 radical (unpaired) electrons. The van der Waals surface area contributed by atoms with Crippen LogP contribution in [0.15, 0.2) is 0 Å². The Kier molecular flexibility index (Phi) is 3.60. The minimum Gasteiger partial charge on any atom is -0.316 e. The Morgan fingerprint density at radius 1 is 1.19 bits per heavy atom. The largest absolute Gasteiger partial charge is 0.316 e. The highest BCUT2D eigenvalue weighted by Crippen LogP contribution is 2.35. The molecule has 0 aromatic carbocycles. The van der Waals surface area contributed by atoms with Gasteiger partial charge in [0.15, 0.2) is 0 Å². The molecule has 1 aliphatic heterocycles. The Morgan fingerprint density at radius 2 is 1.88 bits per heavy atom. The maximum absolute atomic E-state index is 3.49. The molecule has 2 fully saturated rings. The van der Waals surface area contributed by atoms with Crippen LogP contribution in [0.25, 0.3) is 0 Å².